The highest BCUT2D eigenvalue weighted by atomic mass is 79.9. The first-order chi connectivity index (χ1) is 9.11. The normalized spacial score (nSPS) is 12.6. The Balaban J connectivity index is 2.39. The van der Waals surface area contributed by atoms with Crippen LogP contribution in [0.15, 0.2) is 33.4 Å². The predicted molar refractivity (Wildman–Crippen MR) is 78.5 cm³/mol. The van der Waals surface area contributed by atoms with Crippen molar-refractivity contribution in [2.45, 2.75) is 19.4 Å². The summed E-state index contributed by atoms with van der Waals surface area (Å²) < 4.78 is 27.7. The topological polar surface area (TPSA) is 12.0 Å². The first-order valence-corrected chi connectivity index (χ1v) is 7.76. The third-order valence-electron chi connectivity index (χ3n) is 2.77. The van der Waals surface area contributed by atoms with Crippen LogP contribution >= 0.6 is 27.3 Å². The highest BCUT2D eigenvalue weighted by Gasteiger charge is 2.18. The zero-order chi connectivity index (χ0) is 13.8. The van der Waals surface area contributed by atoms with Crippen molar-refractivity contribution in [1.29, 1.82) is 0 Å². The number of nitrogens with one attached hydrogen (secondary N) is 1. The van der Waals surface area contributed by atoms with Crippen LogP contribution in [0.2, 0.25) is 0 Å². The van der Waals surface area contributed by atoms with Gasteiger partial charge in [0.05, 0.1) is 6.04 Å². The van der Waals surface area contributed by atoms with E-state index in [0.29, 0.717) is 5.56 Å². The van der Waals surface area contributed by atoms with Gasteiger partial charge in [0.15, 0.2) is 0 Å². The molecule has 1 N–H and O–H groups in total. The van der Waals surface area contributed by atoms with Gasteiger partial charge in [-0.15, -0.1) is 0 Å². The van der Waals surface area contributed by atoms with E-state index < -0.39 is 11.6 Å². The summed E-state index contributed by atoms with van der Waals surface area (Å²) in [6.07, 6.45) is 0.954. The molecular weight excluding hydrogens is 332 g/mol. The van der Waals surface area contributed by atoms with Crippen LogP contribution in [0.5, 0.6) is 0 Å². The third-order valence-corrected chi connectivity index (χ3v) is 4.52. The number of thiophene rings is 1. The molecule has 1 heterocycles. The van der Waals surface area contributed by atoms with Crippen molar-refractivity contribution in [1.82, 2.24) is 5.32 Å². The molecule has 102 valence electrons. The van der Waals surface area contributed by atoms with Crippen LogP contribution < -0.4 is 5.32 Å². The molecule has 0 fully saturated rings. The Bertz CT molecular complexity index is 536. The molecule has 0 aliphatic heterocycles. The Kier molecular flexibility index (Phi) is 5.07. The number of benzene rings is 1. The third kappa shape index (κ3) is 3.61. The lowest BCUT2D eigenvalue weighted by atomic mass is 10.0. The van der Waals surface area contributed by atoms with E-state index in [9.17, 15) is 8.78 Å². The van der Waals surface area contributed by atoms with E-state index in [1.165, 1.54) is 12.1 Å². The fourth-order valence-corrected chi connectivity index (χ4v) is 3.49. The van der Waals surface area contributed by atoms with E-state index in [1.54, 1.807) is 11.3 Å². The second kappa shape index (κ2) is 6.59. The van der Waals surface area contributed by atoms with Crippen LogP contribution in [-0.2, 0) is 0 Å². The molecule has 0 radical (unpaired) electrons. The van der Waals surface area contributed by atoms with Gasteiger partial charge in [0.2, 0.25) is 0 Å². The molecule has 0 bridgehead atoms. The first kappa shape index (κ1) is 14.6. The van der Waals surface area contributed by atoms with E-state index in [4.69, 9.17) is 0 Å². The molecule has 0 aliphatic rings. The van der Waals surface area contributed by atoms with E-state index in [1.807, 2.05) is 10.8 Å². The summed E-state index contributed by atoms with van der Waals surface area (Å²) in [4.78, 5) is 0. The van der Waals surface area contributed by atoms with Gasteiger partial charge in [-0.05, 0) is 57.5 Å². The fraction of sp³-hybridized carbons (Fsp3) is 0.286. The molecule has 0 saturated carbocycles. The first-order valence-electron chi connectivity index (χ1n) is 6.02. The maximum absolute atomic E-state index is 13.4. The minimum Gasteiger partial charge on any atom is -0.306 e. The minimum absolute atomic E-state index is 0.203. The lowest BCUT2D eigenvalue weighted by Gasteiger charge is -2.19. The molecule has 0 aliphatic carbocycles. The largest absolute Gasteiger partial charge is 0.306 e. The van der Waals surface area contributed by atoms with Gasteiger partial charge >= 0.3 is 0 Å². The summed E-state index contributed by atoms with van der Waals surface area (Å²) in [5.41, 5.74) is 1.61. The summed E-state index contributed by atoms with van der Waals surface area (Å²) in [7, 11) is 0. The molecule has 1 atom stereocenters. The van der Waals surface area contributed by atoms with Crippen molar-refractivity contribution < 1.29 is 8.78 Å². The second-order valence-electron chi connectivity index (χ2n) is 4.26. The average molecular weight is 346 g/mol. The van der Waals surface area contributed by atoms with E-state index >= 15 is 0 Å². The van der Waals surface area contributed by atoms with Gasteiger partial charge < -0.3 is 5.32 Å². The van der Waals surface area contributed by atoms with Gasteiger partial charge in [-0.25, -0.2) is 8.78 Å². The Labute approximate surface area is 123 Å². The maximum Gasteiger partial charge on any atom is 0.126 e. The predicted octanol–water partition coefficient (Wildman–Crippen LogP) is 4.88. The second-order valence-corrected chi connectivity index (χ2v) is 5.86. The molecule has 0 spiro atoms. The van der Waals surface area contributed by atoms with Gasteiger partial charge in [-0.1, -0.05) is 6.92 Å². The number of rotatable bonds is 5. The quantitative estimate of drug-likeness (QED) is 0.814. The van der Waals surface area contributed by atoms with Gasteiger partial charge in [0.25, 0.3) is 0 Å². The standard InChI is InChI=1S/C14H14BrF2NS/c1-2-3-18-14(12-7-19-8-13(12)15)9-4-10(16)6-11(17)5-9/h4-8,14,18H,2-3H2,1H3. The molecule has 19 heavy (non-hydrogen) atoms. The van der Waals surface area contributed by atoms with Crippen molar-refractivity contribution in [2.75, 3.05) is 6.54 Å². The monoisotopic (exact) mass is 345 g/mol. The molecule has 2 rings (SSSR count). The van der Waals surface area contributed by atoms with Crippen molar-refractivity contribution in [2.24, 2.45) is 0 Å². The van der Waals surface area contributed by atoms with Gasteiger partial charge in [0.1, 0.15) is 11.6 Å². The van der Waals surface area contributed by atoms with Gasteiger partial charge in [-0.2, -0.15) is 11.3 Å². The SMILES string of the molecule is CCCNC(c1cc(F)cc(F)c1)c1cscc1Br. The van der Waals surface area contributed by atoms with E-state index in [-0.39, 0.29) is 6.04 Å². The smallest absolute Gasteiger partial charge is 0.126 e. The van der Waals surface area contributed by atoms with Crippen LogP contribution in [-0.4, -0.2) is 6.54 Å². The maximum atomic E-state index is 13.4. The Hall–Kier alpha value is -0.780. The summed E-state index contributed by atoms with van der Waals surface area (Å²) in [5, 5.41) is 7.28. The number of halogens is 3. The lowest BCUT2D eigenvalue weighted by molar-refractivity contribution is 0.558. The number of hydrogen-bond donors (Lipinski definition) is 1. The molecular formula is C14H14BrF2NS. The van der Waals surface area contributed by atoms with Gasteiger partial charge in [-0.3, -0.25) is 0 Å². The van der Waals surface area contributed by atoms with E-state index in [0.717, 1.165) is 29.1 Å². The Morgan fingerprint density at radius 3 is 2.42 bits per heavy atom. The van der Waals surface area contributed by atoms with Crippen LogP contribution in [0.3, 0.4) is 0 Å². The zero-order valence-corrected chi connectivity index (χ0v) is 12.8. The molecule has 1 nitrogen and oxygen atoms in total. The molecule has 1 unspecified atom stereocenters. The molecule has 0 saturated heterocycles. The van der Waals surface area contributed by atoms with Crippen molar-refractivity contribution >= 4 is 27.3 Å². The molecule has 0 amide bonds. The highest BCUT2D eigenvalue weighted by Crippen LogP contribution is 2.32. The summed E-state index contributed by atoms with van der Waals surface area (Å²) >= 11 is 5.03. The summed E-state index contributed by atoms with van der Waals surface area (Å²) in [6.45, 7) is 2.84. The van der Waals surface area contributed by atoms with Crippen molar-refractivity contribution in [3.05, 3.63) is 56.2 Å². The van der Waals surface area contributed by atoms with Crippen molar-refractivity contribution in [3.63, 3.8) is 0 Å². The van der Waals surface area contributed by atoms with Crippen LogP contribution in [0.1, 0.15) is 30.5 Å². The van der Waals surface area contributed by atoms with Crippen LogP contribution in [0, 0.1) is 11.6 Å². The average Bonchev–Trinajstić information content (AvgIpc) is 2.75. The van der Waals surface area contributed by atoms with E-state index in [2.05, 4.69) is 28.2 Å². The van der Waals surface area contributed by atoms with Crippen LogP contribution in [0.25, 0.3) is 0 Å². The molecule has 2 aromatic rings. The molecule has 5 heteroatoms. The molecule has 1 aromatic carbocycles. The van der Waals surface area contributed by atoms with Crippen molar-refractivity contribution in [3.8, 4) is 0 Å². The van der Waals surface area contributed by atoms with Crippen LogP contribution in [0.4, 0.5) is 8.78 Å². The number of hydrogen-bond acceptors (Lipinski definition) is 2. The summed E-state index contributed by atoms with van der Waals surface area (Å²) in [5.74, 6) is -1.10. The van der Waals surface area contributed by atoms with Gasteiger partial charge in [0, 0.05) is 15.9 Å². The molecule has 1 aromatic heterocycles. The Morgan fingerprint density at radius 2 is 1.89 bits per heavy atom. The lowest BCUT2D eigenvalue weighted by Crippen LogP contribution is -2.23. The highest BCUT2D eigenvalue weighted by molar-refractivity contribution is 9.10. The summed E-state index contributed by atoms with van der Waals surface area (Å²) in [6, 6.07) is 3.44. The Morgan fingerprint density at radius 1 is 1.21 bits per heavy atom. The zero-order valence-electron chi connectivity index (χ0n) is 10.4. The fourth-order valence-electron chi connectivity index (χ4n) is 1.94. The minimum atomic E-state index is -0.551.